The molecule has 4 nitrogen and oxygen atoms in total. The van der Waals surface area contributed by atoms with Crippen molar-refractivity contribution in [3.63, 3.8) is 0 Å². The normalized spacial score (nSPS) is 16.9. The number of carbonyl (C=O) groups is 1. The molecule has 0 saturated heterocycles. The van der Waals surface area contributed by atoms with E-state index >= 15 is 0 Å². The smallest absolute Gasteiger partial charge is 0.358 e. The summed E-state index contributed by atoms with van der Waals surface area (Å²) in [4.78, 5) is 15.9. The molecule has 1 aliphatic carbocycles. The molecular weight excluding hydrogens is 379 g/mol. The van der Waals surface area contributed by atoms with Crippen LogP contribution in [0.2, 0.25) is 0 Å². The van der Waals surface area contributed by atoms with Crippen molar-refractivity contribution in [2.24, 2.45) is 11.0 Å². The van der Waals surface area contributed by atoms with Gasteiger partial charge in [0.1, 0.15) is 0 Å². The van der Waals surface area contributed by atoms with Gasteiger partial charge in [0.15, 0.2) is 0 Å². The van der Waals surface area contributed by atoms with Crippen molar-refractivity contribution >= 4 is 23.0 Å². The number of amides is 1. The van der Waals surface area contributed by atoms with Crippen LogP contribution in [0, 0.1) is 5.92 Å². The zero-order valence-electron chi connectivity index (χ0n) is 15.8. The highest BCUT2D eigenvalue weighted by Gasteiger charge is 2.29. The second kappa shape index (κ2) is 7.39. The largest absolute Gasteiger partial charge is 0.416 e. The number of hydrogen-bond acceptors (Lipinski definition) is 2. The Morgan fingerprint density at radius 2 is 1.97 bits per heavy atom. The second-order valence-corrected chi connectivity index (χ2v) is 7.51. The van der Waals surface area contributed by atoms with Gasteiger partial charge in [-0.15, -0.1) is 0 Å². The Morgan fingerprint density at radius 1 is 1.21 bits per heavy atom. The summed E-state index contributed by atoms with van der Waals surface area (Å²) >= 11 is 0. The number of nitrogens with one attached hydrogen (secondary N) is 2. The number of aromatic amines is 1. The van der Waals surface area contributed by atoms with Crippen LogP contribution >= 0.6 is 0 Å². The standard InChI is InChI=1S/C22H20F3N3O/c1-13-2-8-19-17(10-13)18-11-15(5-9-20(18)27-19)21(29)28-26-12-14-3-6-16(7-4-14)22(23,24)25/h3-7,9,11-13,27H,2,8,10H2,1H3,(H,28,29)/b26-12-. The maximum Gasteiger partial charge on any atom is 0.416 e. The van der Waals surface area contributed by atoms with E-state index in [0.717, 1.165) is 42.3 Å². The molecule has 1 aromatic heterocycles. The molecule has 0 radical (unpaired) electrons. The van der Waals surface area contributed by atoms with Crippen molar-refractivity contribution in [2.75, 3.05) is 0 Å². The maximum absolute atomic E-state index is 12.6. The molecule has 2 aromatic carbocycles. The van der Waals surface area contributed by atoms with Gasteiger partial charge in [0.25, 0.3) is 5.91 Å². The van der Waals surface area contributed by atoms with E-state index < -0.39 is 11.7 Å². The molecular formula is C22H20F3N3O. The molecule has 0 aliphatic heterocycles. The summed E-state index contributed by atoms with van der Waals surface area (Å²) in [6.45, 7) is 2.23. The quantitative estimate of drug-likeness (QED) is 0.469. The van der Waals surface area contributed by atoms with Crippen LogP contribution < -0.4 is 5.43 Å². The fourth-order valence-electron chi connectivity index (χ4n) is 3.72. The van der Waals surface area contributed by atoms with Crippen LogP contribution in [-0.2, 0) is 19.0 Å². The zero-order chi connectivity index (χ0) is 20.6. The van der Waals surface area contributed by atoms with Gasteiger partial charge in [0, 0.05) is 22.2 Å². The average Bonchev–Trinajstić information content (AvgIpc) is 3.04. The fraction of sp³-hybridized carbons (Fsp3) is 0.273. The van der Waals surface area contributed by atoms with Gasteiger partial charge in [0.2, 0.25) is 0 Å². The first-order valence-electron chi connectivity index (χ1n) is 9.45. The summed E-state index contributed by atoms with van der Waals surface area (Å²) in [6, 6.07) is 10.1. The van der Waals surface area contributed by atoms with E-state index in [0.29, 0.717) is 17.0 Å². The van der Waals surface area contributed by atoms with Crippen LogP contribution in [0.15, 0.2) is 47.6 Å². The summed E-state index contributed by atoms with van der Waals surface area (Å²) < 4.78 is 37.8. The summed E-state index contributed by atoms with van der Waals surface area (Å²) in [5.41, 5.74) is 6.21. The van der Waals surface area contributed by atoms with E-state index in [-0.39, 0.29) is 5.91 Å². The Bertz CT molecular complexity index is 1080. The van der Waals surface area contributed by atoms with E-state index in [1.165, 1.54) is 29.6 Å². The van der Waals surface area contributed by atoms with Crippen LogP contribution in [0.4, 0.5) is 13.2 Å². The number of H-pyrrole nitrogens is 1. The van der Waals surface area contributed by atoms with Crippen LogP contribution in [0.25, 0.3) is 10.9 Å². The number of rotatable bonds is 3. The molecule has 0 fully saturated rings. The number of carbonyl (C=O) groups excluding carboxylic acids is 1. The van der Waals surface area contributed by atoms with Gasteiger partial charge in [0.05, 0.1) is 11.8 Å². The average molecular weight is 399 g/mol. The molecule has 1 heterocycles. The Balaban J connectivity index is 1.48. The highest BCUT2D eigenvalue weighted by atomic mass is 19.4. The number of alkyl halides is 3. The molecule has 1 atom stereocenters. The molecule has 1 amide bonds. The SMILES string of the molecule is CC1CCc2[nH]c3ccc(C(=O)N/N=C\c4ccc(C(F)(F)F)cc4)cc3c2C1. The molecule has 1 aliphatic rings. The van der Waals surface area contributed by atoms with E-state index in [1.54, 1.807) is 6.07 Å². The Labute approximate surface area is 165 Å². The van der Waals surface area contributed by atoms with Gasteiger partial charge in [-0.2, -0.15) is 18.3 Å². The van der Waals surface area contributed by atoms with Crippen LogP contribution in [0.3, 0.4) is 0 Å². The van der Waals surface area contributed by atoms with Crippen LogP contribution in [0.1, 0.15) is 46.1 Å². The third-order valence-electron chi connectivity index (χ3n) is 5.31. The molecule has 0 spiro atoms. The van der Waals surface area contributed by atoms with Gasteiger partial charge < -0.3 is 4.98 Å². The minimum atomic E-state index is -4.38. The fourth-order valence-corrected chi connectivity index (χ4v) is 3.72. The monoisotopic (exact) mass is 399 g/mol. The van der Waals surface area contributed by atoms with E-state index in [2.05, 4.69) is 22.4 Å². The van der Waals surface area contributed by atoms with Gasteiger partial charge in [-0.1, -0.05) is 19.1 Å². The lowest BCUT2D eigenvalue weighted by atomic mass is 9.87. The molecule has 4 rings (SSSR count). The predicted octanol–water partition coefficient (Wildman–Crippen LogP) is 5.08. The summed E-state index contributed by atoms with van der Waals surface area (Å²) in [7, 11) is 0. The van der Waals surface area contributed by atoms with Gasteiger partial charge in [-0.3, -0.25) is 4.79 Å². The third-order valence-corrected chi connectivity index (χ3v) is 5.31. The number of benzene rings is 2. The van der Waals surface area contributed by atoms with Crippen molar-refractivity contribution < 1.29 is 18.0 Å². The van der Waals surface area contributed by atoms with Gasteiger partial charge in [-0.25, -0.2) is 5.43 Å². The number of nitrogens with zero attached hydrogens (tertiary/aromatic N) is 1. The Morgan fingerprint density at radius 3 is 2.69 bits per heavy atom. The van der Waals surface area contributed by atoms with Crippen LogP contribution in [0.5, 0.6) is 0 Å². The lowest BCUT2D eigenvalue weighted by molar-refractivity contribution is -0.137. The lowest BCUT2D eigenvalue weighted by Gasteiger charge is -2.18. The first kappa shape index (κ1) is 19.2. The molecule has 0 saturated carbocycles. The van der Waals surface area contributed by atoms with Crippen molar-refractivity contribution in [1.29, 1.82) is 0 Å². The lowest BCUT2D eigenvalue weighted by Crippen LogP contribution is -2.17. The van der Waals surface area contributed by atoms with Crippen molar-refractivity contribution in [3.05, 3.63) is 70.4 Å². The number of aromatic nitrogens is 1. The maximum atomic E-state index is 12.6. The molecule has 0 bridgehead atoms. The number of fused-ring (bicyclic) bond motifs is 3. The molecule has 29 heavy (non-hydrogen) atoms. The summed E-state index contributed by atoms with van der Waals surface area (Å²) in [6.07, 6.45) is 0.108. The molecule has 1 unspecified atom stereocenters. The molecule has 7 heteroatoms. The van der Waals surface area contributed by atoms with E-state index in [4.69, 9.17) is 0 Å². The van der Waals surface area contributed by atoms with Crippen LogP contribution in [-0.4, -0.2) is 17.1 Å². The zero-order valence-corrected chi connectivity index (χ0v) is 15.8. The third kappa shape index (κ3) is 4.04. The van der Waals surface area contributed by atoms with Gasteiger partial charge >= 0.3 is 6.18 Å². The first-order chi connectivity index (χ1) is 13.8. The Kier molecular flexibility index (Phi) is 4.90. The van der Waals surface area contributed by atoms with Crippen molar-refractivity contribution in [2.45, 2.75) is 32.4 Å². The number of aryl methyl sites for hydroxylation is 1. The second-order valence-electron chi connectivity index (χ2n) is 7.51. The van der Waals surface area contributed by atoms with Crippen molar-refractivity contribution in [3.8, 4) is 0 Å². The number of halogens is 3. The summed E-state index contributed by atoms with van der Waals surface area (Å²) in [5.74, 6) is 0.251. The van der Waals surface area contributed by atoms with Crippen molar-refractivity contribution in [1.82, 2.24) is 10.4 Å². The molecule has 150 valence electrons. The molecule has 2 N–H and O–H groups in total. The minimum Gasteiger partial charge on any atom is -0.358 e. The van der Waals surface area contributed by atoms with E-state index in [1.807, 2.05) is 12.1 Å². The Hall–Kier alpha value is -3.09. The first-order valence-corrected chi connectivity index (χ1v) is 9.45. The topological polar surface area (TPSA) is 57.2 Å². The molecule has 3 aromatic rings. The van der Waals surface area contributed by atoms with Gasteiger partial charge in [-0.05, 0) is 66.6 Å². The summed E-state index contributed by atoms with van der Waals surface area (Å²) in [5, 5.41) is 4.92. The number of hydrazone groups is 1. The predicted molar refractivity (Wildman–Crippen MR) is 106 cm³/mol. The number of hydrogen-bond donors (Lipinski definition) is 2. The highest BCUT2D eigenvalue weighted by molar-refractivity contribution is 5.99. The van der Waals surface area contributed by atoms with E-state index in [9.17, 15) is 18.0 Å². The minimum absolute atomic E-state index is 0.367. The highest BCUT2D eigenvalue weighted by Crippen LogP contribution is 2.32.